The van der Waals surface area contributed by atoms with Crippen molar-refractivity contribution in [1.82, 2.24) is 19.5 Å². The molecule has 1 aliphatic rings. The van der Waals surface area contributed by atoms with E-state index in [-0.39, 0.29) is 29.7 Å². The van der Waals surface area contributed by atoms with Gasteiger partial charge in [-0.05, 0) is 6.42 Å². The first kappa shape index (κ1) is 11.4. The van der Waals surface area contributed by atoms with Crippen molar-refractivity contribution in [2.24, 2.45) is 5.92 Å². The summed E-state index contributed by atoms with van der Waals surface area (Å²) < 4.78 is 1.91. The molecule has 3 rings (SSSR count). The third-order valence-electron chi connectivity index (χ3n) is 3.14. The Balaban J connectivity index is 2.06. The lowest BCUT2D eigenvalue weighted by Gasteiger charge is -2.12. The van der Waals surface area contributed by atoms with Gasteiger partial charge in [-0.1, -0.05) is 23.8 Å². The average Bonchev–Trinajstić information content (AvgIpc) is 2.93. The van der Waals surface area contributed by atoms with Crippen molar-refractivity contribution in [1.29, 1.82) is 0 Å². The lowest BCUT2D eigenvalue weighted by molar-refractivity contribution is 0.244. The second-order valence-electron chi connectivity index (χ2n) is 4.33. The summed E-state index contributed by atoms with van der Waals surface area (Å²) in [4.78, 5) is 12.3. The standard InChI is InChI=1S/C11H12ClN5O/c12-9-8-10(16-11(13)15-9)17(5-14-8)7-2-1-6(3-7)4-18/h1-2,5-7,18H,3-4H2,(H2,13,15,16)/t6-,7?/m1/s1. The molecule has 1 unspecified atom stereocenters. The van der Waals surface area contributed by atoms with E-state index in [0.29, 0.717) is 11.2 Å². The minimum absolute atomic E-state index is 0.123. The highest BCUT2D eigenvalue weighted by molar-refractivity contribution is 6.33. The van der Waals surface area contributed by atoms with Gasteiger partial charge in [0.25, 0.3) is 0 Å². The van der Waals surface area contributed by atoms with Crippen molar-refractivity contribution in [3.8, 4) is 0 Å². The molecule has 1 aliphatic carbocycles. The number of aromatic nitrogens is 4. The first-order valence-electron chi connectivity index (χ1n) is 5.63. The van der Waals surface area contributed by atoms with Gasteiger partial charge in [-0.15, -0.1) is 0 Å². The highest BCUT2D eigenvalue weighted by Gasteiger charge is 2.22. The maximum absolute atomic E-state index is 9.14. The molecule has 0 fully saturated rings. The number of halogens is 1. The van der Waals surface area contributed by atoms with Gasteiger partial charge in [-0.3, -0.25) is 0 Å². The Morgan fingerprint density at radius 2 is 2.28 bits per heavy atom. The van der Waals surface area contributed by atoms with Gasteiger partial charge in [-0.2, -0.15) is 9.97 Å². The van der Waals surface area contributed by atoms with E-state index in [2.05, 4.69) is 15.0 Å². The number of anilines is 1. The smallest absolute Gasteiger partial charge is 0.223 e. The maximum Gasteiger partial charge on any atom is 0.223 e. The molecule has 0 radical (unpaired) electrons. The van der Waals surface area contributed by atoms with E-state index in [1.165, 1.54) is 0 Å². The predicted octanol–water partition coefficient (Wildman–Crippen LogP) is 1.17. The highest BCUT2D eigenvalue weighted by atomic mass is 35.5. The van der Waals surface area contributed by atoms with Crippen LogP contribution in [0.2, 0.25) is 5.15 Å². The molecule has 0 saturated carbocycles. The van der Waals surface area contributed by atoms with Gasteiger partial charge in [0.1, 0.15) is 5.52 Å². The third kappa shape index (κ3) is 1.74. The molecule has 0 spiro atoms. The van der Waals surface area contributed by atoms with Crippen LogP contribution in [-0.4, -0.2) is 31.2 Å². The minimum Gasteiger partial charge on any atom is -0.396 e. The van der Waals surface area contributed by atoms with Crippen LogP contribution in [-0.2, 0) is 0 Å². The lowest BCUT2D eigenvalue weighted by Crippen LogP contribution is -2.08. The number of nitrogens with two attached hydrogens (primary N) is 1. The Morgan fingerprint density at radius 1 is 1.44 bits per heavy atom. The van der Waals surface area contributed by atoms with Gasteiger partial charge in [0.05, 0.1) is 12.4 Å². The van der Waals surface area contributed by atoms with Crippen LogP contribution >= 0.6 is 11.6 Å². The molecule has 2 atom stereocenters. The third-order valence-corrected chi connectivity index (χ3v) is 3.40. The zero-order chi connectivity index (χ0) is 12.7. The first-order chi connectivity index (χ1) is 8.69. The summed E-state index contributed by atoms with van der Waals surface area (Å²) >= 11 is 5.97. The monoisotopic (exact) mass is 265 g/mol. The van der Waals surface area contributed by atoms with E-state index in [1.807, 2.05) is 16.7 Å². The van der Waals surface area contributed by atoms with Gasteiger partial charge >= 0.3 is 0 Å². The van der Waals surface area contributed by atoms with Crippen LogP contribution in [0.3, 0.4) is 0 Å². The van der Waals surface area contributed by atoms with E-state index >= 15 is 0 Å². The molecule has 2 aromatic heterocycles. The molecule has 0 aromatic carbocycles. The Bertz CT molecular complexity index is 623. The number of nitrogens with zero attached hydrogens (tertiary/aromatic N) is 4. The fraction of sp³-hybridized carbons (Fsp3) is 0.364. The van der Waals surface area contributed by atoms with Crippen molar-refractivity contribution >= 4 is 28.7 Å². The van der Waals surface area contributed by atoms with Crippen LogP contribution < -0.4 is 5.73 Å². The summed E-state index contributed by atoms with van der Waals surface area (Å²) in [5.74, 6) is 0.317. The normalized spacial score (nSPS) is 23.0. The van der Waals surface area contributed by atoms with Gasteiger partial charge < -0.3 is 15.4 Å². The Kier molecular flexibility index (Phi) is 2.68. The number of allylic oxidation sites excluding steroid dienone is 1. The number of rotatable bonds is 2. The molecular formula is C11H12ClN5O. The molecule has 0 saturated heterocycles. The number of hydrogen-bond donors (Lipinski definition) is 2. The van der Waals surface area contributed by atoms with Crippen LogP contribution in [0, 0.1) is 5.92 Å². The minimum atomic E-state index is 0.123. The van der Waals surface area contributed by atoms with E-state index in [1.54, 1.807) is 6.33 Å². The molecule has 7 heteroatoms. The fourth-order valence-electron chi connectivity index (χ4n) is 2.23. The lowest BCUT2D eigenvalue weighted by atomic mass is 10.1. The first-order valence-corrected chi connectivity index (χ1v) is 6.01. The van der Waals surface area contributed by atoms with Crippen LogP contribution in [0.5, 0.6) is 0 Å². The molecule has 18 heavy (non-hydrogen) atoms. The Morgan fingerprint density at radius 3 is 3.00 bits per heavy atom. The van der Waals surface area contributed by atoms with Gasteiger partial charge in [0.15, 0.2) is 10.8 Å². The summed E-state index contributed by atoms with van der Waals surface area (Å²) in [6.45, 7) is 0.150. The van der Waals surface area contributed by atoms with Crippen LogP contribution in [0.1, 0.15) is 12.5 Å². The van der Waals surface area contributed by atoms with E-state index in [9.17, 15) is 0 Å². The van der Waals surface area contributed by atoms with Crippen molar-refractivity contribution in [2.75, 3.05) is 12.3 Å². The summed E-state index contributed by atoms with van der Waals surface area (Å²) in [7, 11) is 0. The maximum atomic E-state index is 9.14. The fourth-order valence-corrected chi connectivity index (χ4v) is 2.45. The molecule has 3 N–H and O–H groups in total. The van der Waals surface area contributed by atoms with E-state index in [4.69, 9.17) is 22.4 Å². The molecule has 2 aromatic rings. The quantitative estimate of drug-likeness (QED) is 0.628. The topological polar surface area (TPSA) is 89.8 Å². The second kappa shape index (κ2) is 4.22. The number of nitrogen functional groups attached to an aromatic ring is 1. The summed E-state index contributed by atoms with van der Waals surface area (Å²) in [6.07, 6.45) is 6.54. The summed E-state index contributed by atoms with van der Waals surface area (Å²) in [5.41, 5.74) is 6.77. The second-order valence-corrected chi connectivity index (χ2v) is 4.69. The van der Waals surface area contributed by atoms with Crippen molar-refractivity contribution in [2.45, 2.75) is 12.5 Å². The van der Waals surface area contributed by atoms with Crippen LogP contribution in [0.4, 0.5) is 5.95 Å². The SMILES string of the molecule is Nc1nc(Cl)c2ncn(C3C=C[C@@H](CO)C3)c2n1. The van der Waals surface area contributed by atoms with Crippen molar-refractivity contribution in [3.63, 3.8) is 0 Å². The summed E-state index contributed by atoms with van der Waals surface area (Å²) in [5, 5.41) is 9.40. The molecule has 0 bridgehead atoms. The largest absolute Gasteiger partial charge is 0.396 e. The number of aliphatic hydroxyl groups is 1. The molecular weight excluding hydrogens is 254 g/mol. The Labute approximate surface area is 108 Å². The zero-order valence-electron chi connectivity index (χ0n) is 9.49. The van der Waals surface area contributed by atoms with E-state index in [0.717, 1.165) is 6.42 Å². The van der Waals surface area contributed by atoms with Crippen LogP contribution in [0.25, 0.3) is 11.2 Å². The van der Waals surface area contributed by atoms with Crippen LogP contribution in [0.15, 0.2) is 18.5 Å². The van der Waals surface area contributed by atoms with Crippen molar-refractivity contribution < 1.29 is 5.11 Å². The molecule has 0 amide bonds. The predicted molar refractivity (Wildman–Crippen MR) is 68.1 cm³/mol. The molecule has 0 aliphatic heterocycles. The number of aliphatic hydroxyl groups excluding tert-OH is 1. The molecule has 2 heterocycles. The number of imidazole rings is 1. The molecule has 94 valence electrons. The van der Waals surface area contributed by atoms with Gasteiger partial charge in [0, 0.05) is 12.5 Å². The van der Waals surface area contributed by atoms with Crippen molar-refractivity contribution in [3.05, 3.63) is 23.6 Å². The van der Waals surface area contributed by atoms with Gasteiger partial charge in [-0.25, -0.2) is 4.98 Å². The summed E-state index contributed by atoms with van der Waals surface area (Å²) in [6, 6.07) is 0.123. The van der Waals surface area contributed by atoms with Gasteiger partial charge in [0.2, 0.25) is 5.95 Å². The highest BCUT2D eigenvalue weighted by Crippen LogP contribution is 2.30. The Hall–Kier alpha value is -1.66. The molecule has 6 nitrogen and oxygen atoms in total. The number of hydrogen-bond acceptors (Lipinski definition) is 5. The zero-order valence-corrected chi connectivity index (χ0v) is 10.2. The number of fused-ring (bicyclic) bond motifs is 1. The van der Waals surface area contributed by atoms with E-state index < -0.39 is 0 Å². The average molecular weight is 266 g/mol.